The number of guanidine groups is 1. The van der Waals surface area contributed by atoms with E-state index in [1.165, 1.54) is 0 Å². The van der Waals surface area contributed by atoms with Crippen molar-refractivity contribution in [1.29, 1.82) is 0 Å². The van der Waals surface area contributed by atoms with Gasteiger partial charge in [-0.3, -0.25) is 9.67 Å². The molecule has 1 heterocycles. The Morgan fingerprint density at radius 1 is 1.30 bits per heavy atom. The molecule has 0 amide bonds. The minimum atomic E-state index is 0. The maximum atomic E-state index is 5.87. The third kappa shape index (κ3) is 5.97. The van der Waals surface area contributed by atoms with Crippen LogP contribution < -0.4 is 20.5 Å². The number of aliphatic imine (C=N–C) groups is 1. The third-order valence-electron chi connectivity index (χ3n) is 3.04. The molecule has 0 saturated heterocycles. The normalized spacial score (nSPS) is 10.8. The smallest absolute Gasteiger partial charge is 0.193 e. The molecule has 0 unspecified atom stereocenters. The maximum absolute atomic E-state index is 5.87. The van der Waals surface area contributed by atoms with Crippen LogP contribution in [0.2, 0.25) is 0 Å². The number of hydrogen-bond donors (Lipinski definition) is 2. The monoisotopic (exact) mass is 431 g/mol. The SMILES string of the molecule is COc1ccc(NC(N)=NCCCn2cccn2)cc1OC.I. The summed E-state index contributed by atoms with van der Waals surface area (Å²) in [6.45, 7) is 1.45. The summed E-state index contributed by atoms with van der Waals surface area (Å²) in [5.41, 5.74) is 6.67. The average molecular weight is 431 g/mol. The van der Waals surface area contributed by atoms with E-state index in [-0.39, 0.29) is 24.0 Å². The van der Waals surface area contributed by atoms with E-state index in [2.05, 4.69) is 15.4 Å². The number of ether oxygens (including phenoxy) is 2. The molecule has 0 aliphatic heterocycles. The van der Waals surface area contributed by atoms with Crippen molar-refractivity contribution in [3.05, 3.63) is 36.7 Å². The molecule has 0 spiro atoms. The van der Waals surface area contributed by atoms with Crippen molar-refractivity contribution >= 4 is 35.6 Å². The summed E-state index contributed by atoms with van der Waals surface area (Å²) in [6.07, 6.45) is 4.56. The van der Waals surface area contributed by atoms with Gasteiger partial charge in [0.2, 0.25) is 0 Å². The zero-order chi connectivity index (χ0) is 15.8. The number of rotatable bonds is 7. The van der Waals surface area contributed by atoms with Gasteiger partial charge in [0, 0.05) is 37.2 Å². The molecule has 1 aromatic carbocycles. The number of nitrogens with two attached hydrogens (primary N) is 1. The Bertz CT molecular complexity index is 616. The fourth-order valence-electron chi connectivity index (χ4n) is 1.97. The molecular weight excluding hydrogens is 409 g/mol. The molecule has 3 N–H and O–H groups in total. The summed E-state index contributed by atoms with van der Waals surface area (Å²) in [4.78, 5) is 4.29. The summed E-state index contributed by atoms with van der Waals surface area (Å²) in [7, 11) is 3.19. The van der Waals surface area contributed by atoms with E-state index in [1.54, 1.807) is 20.4 Å². The van der Waals surface area contributed by atoms with Crippen LogP contribution in [0.1, 0.15) is 6.42 Å². The van der Waals surface area contributed by atoms with Crippen molar-refractivity contribution in [2.75, 3.05) is 26.1 Å². The largest absolute Gasteiger partial charge is 0.493 e. The maximum Gasteiger partial charge on any atom is 0.193 e. The first-order valence-electron chi connectivity index (χ1n) is 6.99. The quantitative estimate of drug-likeness (QED) is 0.304. The highest BCUT2D eigenvalue weighted by molar-refractivity contribution is 14.0. The van der Waals surface area contributed by atoms with Gasteiger partial charge in [0.05, 0.1) is 14.2 Å². The lowest BCUT2D eigenvalue weighted by atomic mass is 10.3. The van der Waals surface area contributed by atoms with E-state index < -0.39 is 0 Å². The second kappa shape index (κ2) is 9.93. The van der Waals surface area contributed by atoms with Crippen molar-refractivity contribution in [3.63, 3.8) is 0 Å². The summed E-state index contributed by atoms with van der Waals surface area (Å²) in [5, 5.41) is 7.16. The molecule has 0 saturated carbocycles. The second-order valence-corrected chi connectivity index (χ2v) is 4.58. The third-order valence-corrected chi connectivity index (χ3v) is 3.04. The summed E-state index contributed by atoms with van der Waals surface area (Å²) < 4.78 is 12.3. The van der Waals surface area contributed by atoms with Gasteiger partial charge in [0.1, 0.15) is 0 Å². The van der Waals surface area contributed by atoms with Gasteiger partial charge in [-0.25, -0.2) is 0 Å². The van der Waals surface area contributed by atoms with Crippen molar-refractivity contribution in [2.45, 2.75) is 13.0 Å². The highest BCUT2D eigenvalue weighted by Crippen LogP contribution is 2.29. The minimum Gasteiger partial charge on any atom is -0.493 e. The van der Waals surface area contributed by atoms with Crippen LogP contribution in [0.15, 0.2) is 41.7 Å². The van der Waals surface area contributed by atoms with Gasteiger partial charge in [-0.05, 0) is 24.6 Å². The first-order valence-corrected chi connectivity index (χ1v) is 6.99. The first-order chi connectivity index (χ1) is 10.7. The van der Waals surface area contributed by atoms with Gasteiger partial charge in [-0.1, -0.05) is 0 Å². The summed E-state index contributed by atoms with van der Waals surface area (Å²) in [6, 6.07) is 7.38. The average Bonchev–Trinajstić information content (AvgIpc) is 3.04. The number of nitrogens with zero attached hydrogens (tertiary/aromatic N) is 3. The molecule has 2 aromatic rings. The van der Waals surface area contributed by atoms with Crippen LogP contribution >= 0.6 is 24.0 Å². The van der Waals surface area contributed by atoms with E-state index in [9.17, 15) is 0 Å². The molecule has 0 fully saturated rings. The predicted octanol–water partition coefficient (Wildman–Crippen LogP) is 2.34. The Kier molecular flexibility index (Phi) is 8.23. The first kappa shape index (κ1) is 19.1. The molecule has 0 atom stereocenters. The summed E-state index contributed by atoms with van der Waals surface area (Å²) in [5.74, 6) is 1.68. The van der Waals surface area contributed by atoms with Crippen LogP contribution in [0.4, 0.5) is 5.69 Å². The fraction of sp³-hybridized carbons (Fsp3) is 0.333. The highest BCUT2D eigenvalue weighted by Gasteiger charge is 2.04. The zero-order valence-corrected chi connectivity index (χ0v) is 15.6. The molecule has 0 aliphatic rings. The van der Waals surface area contributed by atoms with Gasteiger partial charge >= 0.3 is 0 Å². The number of aryl methyl sites for hydroxylation is 1. The predicted molar refractivity (Wildman–Crippen MR) is 102 cm³/mol. The Hall–Kier alpha value is -1.97. The lowest BCUT2D eigenvalue weighted by Gasteiger charge is -2.10. The summed E-state index contributed by atoms with van der Waals surface area (Å²) >= 11 is 0. The molecule has 0 bridgehead atoms. The van der Waals surface area contributed by atoms with Crippen molar-refractivity contribution < 1.29 is 9.47 Å². The lowest BCUT2D eigenvalue weighted by Crippen LogP contribution is -2.23. The number of hydrogen-bond acceptors (Lipinski definition) is 4. The molecule has 8 heteroatoms. The molecule has 2 rings (SSSR count). The Morgan fingerprint density at radius 3 is 2.74 bits per heavy atom. The van der Waals surface area contributed by atoms with Crippen LogP contribution in [-0.2, 0) is 6.54 Å². The molecular formula is C15H22IN5O2. The minimum absolute atomic E-state index is 0. The molecule has 7 nitrogen and oxygen atoms in total. The van der Waals surface area contributed by atoms with Gasteiger partial charge in [-0.2, -0.15) is 5.10 Å². The van der Waals surface area contributed by atoms with Gasteiger partial charge in [0.15, 0.2) is 17.5 Å². The number of benzene rings is 1. The standard InChI is InChI=1S/C15H21N5O2.HI/c1-21-13-6-5-12(11-14(13)22-2)19-15(16)17-7-3-9-20-10-4-8-18-20;/h4-6,8,10-11H,3,7,9H2,1-2H3,(H3,16,17,19);1H. The van der Waals surface area contributed by atoms with Crippen LogP contribution in [0, 0.1) is 0 Å². The fourth-order valence-corrected chi connectivity index (χ4v) is 1.97. The lowest BCUT2D eigenvalue weighted by molar-refractivity contribution is 0.355. The van der Waals surface area contributed by atoms with Crippen molar-refractivity contribution in [1.82, 2.24) is 9.78 Å². The Morgan fingerprint density at radius 2 is 2.09 bits per heavy atom. The van der Waals surface area contributed by atoms with Crippen LogP contribution in [0.25, 0.3) is 0 Å². The molecule has 126 valence electrons. The van der Waals surface area contributed by atoms with E-state index in [0.717, 1.165) is 18.7 Å². The van der Waals surface area contributed by atoms with E-state index in [0.29, 0.717) is 24.0 Å². The van der Waals surface area contributed by atoms with Gasteiger partial charge < -0.3 is 20.5 Å². The number of nitrogens with one attached hydrogen (secondary N) is 1. The van der Waals surface area contributed by atoms with E-state index >= 15 is 0 Å². The Balaban J connectivity index is 0.00000264. The van der Waals surface area contributed by atoms with Crippen LogP contribution in [-0.4, -0.2) is 36.5 Å². The number of methoxy groups -OCH3 is 2. The molecule has 0 aliphatic carbocycles. The molecule has 23 heavy (non-hydrogen) atoms. The van der Waals surface area contributed by atoms with Gasteiger partial charge in [0.25, 0.3) is 0 Å². The van der Waals surface area contributed by atoms with Crippen molar-refractivity contribution in [3.8, 4) is 11.5 Å². The van der Waals surface area contributed by atoms with Crippen LogP contribution in [0.3, 0.4) is 0 Å². The number of halogens is 1. The van der Waals surface area contributed by atoms with Gasteiger partial charge in [-0.15, -0.1) is 24.0 Å². The molecule has 1 aromatic heterocycles. The molecule has 0 radical (unpaired) electrons. The van der Waals surface area contributed by atoms with E-state index in [1.807, 2.05) is 35.1 Å². The topological polar surface area (TPSA) is 86.7 Å². The Labute approximate surface area is 152 Å². The number of anilines is 1. The highest BCUT2D eigenvalue weighted by atomic mass is 127. The zero-order valence-electron chi connectivity index (χ0n) is 13.2. The van der Waals surface area contributed by atoms with Crippen LogP contribution in [0.5, 0.6) is 11.5 Å². The van der Waals surface area contributed by atoms with E-state index in [4.69, 9.17) is 15.2 Å². The number of aromatic nitrogens is 2. The van der Waals surface area contributed by atoms with Crippen molar-refractivity contribution in [2.24, 2.45) is 10.7 Å². The second-order valence-electron chi connectivity index (χ2n) is 4.58.